The van der Waals surface area contributed by atoms with Crippen molar-refractivity contribution in [1.82, 2.24) is 14.6 Å². The number of aliphatic hydroxyl groups is 1. The topological polar surface area (TPSA) is 97.0 Å². The molecule has 2 rings (SSSR count). The predicted octanol–water partition coefficient (Wildman–Crippen LogP) is 1.03. The van der Waals surface area contributed by atoms with E-state index >= 15 is 0 Å². The van der Waals surface area contributed by atoms with Gasteiger partial charge < -0.3 is 14.9 Å². The summed E-state index contributed by atoms with van der Waals surface area (Å²) in [6, 6.07) is 0. The van der Waals surface area contributed by atoms with Gasteiger partial charge in [-0.2, -0.15) is 18.3 Å². The first-order chi connectivity index (χ1) is 9.27. The van der Waals surface area contributed by atoms with Gasteiger partial charge in [0.1, 0.15) is 23.1 Å². The quantitative estimate of drug-likeness (QED) is 0.876. The van der Waals surface area contributed by atoms with Gasteiger partial charge in [-0.25, -0.2) is 14.3 Å². The molecule has 0 aliphatic carbocycles. The van der Waals surface area contributed by atoms with E-state index < -0.39 is 29.7 Å². The number of alkyl halides is 3. The summed E-state index contributed by atoms with van der Waals surface area (Å²) in [6.07, 6.45) is -6.03. The Kier molecular flexibility index (Phi) is 3.26. The molecule has 2 aromatic heterocycles. The fourth-order valence-electron chi connectivity index (χ4n) is 1.68. The standard InChI is InChI=1S/C10H8F3N3O4/c1-20-7-5(8(17)10(11,12)13)14-3-16-6(7)4(2-15-16)9(18)19/h2-3,8,17H,1H3,(H,18,19). The summed E-state index contributed by atoms with van der Waals surface area (Å²) in [5.74, 6) is -1.89. The number of carbonyl (C=O) groups is 1. The lowest BCUT2D eigenvalue weighted by molar-refractivity contribution is -0.208. The highest BCUT2D eigenvalue weighted by atomic mass is 19.4. The summed E-state index contributed by atoms with van der Waals surface area (Å²) in [5, 5.41) is 21.9. The number of ether oxygens (including phenoxy) is 1. The number of aliphatic hydroxyl groups excluding tert-OH is 1. The van der Waals surface area contributed by atoms with E-state index in [1.165, 1.54) is 0 Å². The second kappa shape index (κ2) is 4.63. The summed E-state index contributed by atoms with van der Waals surface area (Å²) < 4.78 is 43.4. The molecule has 0 fully saturated rings. The molecule has 2 aromatic rings. The van der Waals surface area contributed by atoms with Crippen LogP contribution in [0.25, 0.3) is 5.52 Å². The number of rotatable bonds is 3. The summed E-state index contributed by atoms with van der Waals surface area (Å²) in [7, 11) is 1.04. The largest absolute Gasteiger partial charge is 0.492 e. The second-order valence-electron chi connectivity index (χ2n) is 3.76. The van der Waals surface area contributed by atoms with Gasteiger partial charge in [0.15, 0.2) is 11.9 Å². The van der Waals surface area contributed by atoms with Gasteiger partial charge in [-0.15, -0.1) is 0 Å². The van der Waals surface area contributed by atoms with Crippen molar-refractivity contribution in [3.05, 3.63) is 23.8 Å². The number of aromatic carboxylic acids is 1. The third-order valence-corrected chi connectivity index (χ3v) is 2.55. The van der Waals surface area contributed by atoms with E-state index in [0.29, 0.717) is 0 Å². The van der Waals surface area contributed by atoms with E-state index in [1.807, 2.05) is 0 Å². The molecule has 108 valence electrons. The van der Waals surface area contributed by atoms with Crippen molar-refractivity contribution in [2.75, 3.05) is 7.11 Å². The highest BCUT2D eigenvalue weighted by Gasteiger charge is 2.43. The fraction of sp³-hybridized carbons (Fsp3) is 0.300. The van der Waals surface area contributed by atoms with Crippen LogP contribution in [0.5, 0.6) is 5.75 Å². The Morgan fingerprint density at radius 3 is 2.65 bits per heavy atom. The Bertz CT molecular complexity index is 668. The zero-order valence-electron chi connectivity index (χ0n) is 9.92. The van der Waals surface area contributed by atoms with Crippen molar-refractivity contribution in [3.63, 3.8) is 0 Å². The van der Waals surface area contributed by atoms with Crippen LogP contribution in [0.3, 0.4) is 0 Å². The van der Waals surface area contributed by atoms with E-state index in [2.05, 4.69) is 10.1 Å². The highest BCUT2D eigenvalue weighted by Crippen LogP contribution is 2.38. The molecule has 20 heavy (non-hydrogen) atoms. The van der Waals surface area contributed by atoms with Crippen LogP contribution in [-0.2, 0) is 0 Å². The number of carboxylic acid groups (broad SMARTS) is 1. The Morgan fingerprint density at radius 1 is 1.50 bits per heavy atom. The average molecular weight is 291 g/mol. The van der Waals surface area contributed by atoms with Crippen molar-refractivity contribution < 1.29 is 32.9 Å². The minimum atomic E-state index is -4.96. The third-order valence-electron chi connectivity index (χ3n) is 2.55. The van der Waals surface area contributed by atoms with Crippen LogP contribution in [0.1, 0.15) is 22.2 Å². The smallest absolute Gasteiger partial charge is 0.420 e. The number of carboxylic acids is 1. The Balaban J connectivity index is 2.75. The molecule has 0 amide bonds. The zero-order valence-corrected chi connectivity index (χ0v) is 9.92. The second-order valence-corrected chi connectivity index (χ2v) is 3.76. The third kappa shape index (κ3) is 2.13. The van der Waals surface area contributed by atoms with Crippen LogP contribution in [0, 0.1) is 0 Å². The van der Waals surface area contributed by atoms with E-state index in [-0.39, 0.29) is 11.1 Å². The van der Waals surface area contributed by atoms with Crippen molar-refractivity contribution in [1.29, 1.82) is 0 Å². The van der Waals surface area contributed by atoms with E-state index in [9.17, 15) is 23.1 Å². The monoisotopic (exact) mass is 291 g/mol. The van der Waals surface area contributed by atoms with Gasteiger partial charge in [0.2, 0.25) is 0 Å². The van der Waals surface area contributed by atoms with Crippen molar-refractivity contribution >= 4 is 11.5 Å². The van der Waals surface area contributed by atoms with Crippen molar-refractivity contribution in [2.24, 2.45) is 0 Å². The normalized spacial score (nSPS) is 13.4. The summed E-state index contributed by atoms with van der Waals surface area (Å²) in [4.78, 5) is 14.4. The van der Waals surface area contributed by atoms with Gasteiger partial charge in [0.05, 0.1) is 13.3 Å². The van der Waals surface area contributed by atoms with Gasteiger partial charge in [-0.1, -0.05) is 0 Å². The van der Waals surface area contributed by atoms with E-state index in [4.69, 9.17) is 9.84 Å². The molecule has 1 unspecified atom stereocenters. The first kappa shape index (κ1) is 14.1. The molecule has 0 aliphatic heterocycles. The zero-order chi connectivity index (χ0) is 15.1. The molecule has 0 radical (unpaired) electrons. The maximum absolute atomic E-state index is 12.6. The number of hydrogen-bond acceptors (Lipinski definition) is 5. The maximum Gasteiger partial charge on any atom is 0.420 e. The van der Waals surface area contributed by atoms with Crippen LogP contribution in [0.4, 0.5) is 13.2 Å². The maximum atomic E-state index is 12.6. The Labute approximate surface area is 109 Å². The SMILES string of the molecule is COc1c(C(O)C(F)(F)F)ncn2ncc(C(=O)O)c12. The molecule has 0 aromatic carbocycles. The number of hydrogen-bond donors (Lipinski definition) is 2. The Morgan fingerprint density at radius 2 is 2.15 bits per heavy atom. The molecule has 10 heteroatoms. The van der Waals surface area contributed by atoms with Gasteiger partial charge >= 0.3 is 12.1 Å². The minimum absolute atomic E-state index is 0.215. The molecular formula is C10H8F3N3O4. The molecular weight excluding hydrogens is 283 g/mol. The van der Waals surface area contributed by atoms with Gasteiger partial charge in [-0.05, 0) is 0 Å². The van der Waals surface area contributed by atoms with E-state index in [0.717, 1.165) is 24.1 Å². The highest BCUT2D eigenvalue weighted by molar-refractivity contribution is 5.97. The first-order valence-corrected chi connectivity index (χ1v) is 5.15. The fourth-order valence-corrected chi connectivity index (χ4v) is 1.68. The van der Waals surface area contributed by atoms with Gasteiger partial charge in [0.25, 0.3) is 0 Å². The molecule has 1 atom stereocenters. The van der Waals surface area contributed by atoms with Crippen LogP contribution >= 0.6 is 0 Å². The molecule has 7 nitrogen and oxygen atoms in total. The molecule has 2 heterocycles. The molecule has 0 spiro atoms. The number of nitrogens with zero attached hydrogens (tertiary/aromatic N) is 3. The van der Waals surface area contributed by atoms with Crippen molar-refractivity contribution in [2.45, 2.75) is 12.3 Å². The van der Waals surface area contributed by atoms with Crippen LogP contribution < -0.4 is 4.74 Å². The summed E-state index contributed by atoms with van der Waals surface area (Å²) in [5.41, 5.74) is -1.40. The lowest BCUT2D eigenvalue weighted by Crippen LogP contribution is -2.22. The molecule has 0 bridgehead atoms. The molecule has 0 saturated carbocycles. The van der Waals surface area contributed by atoms with Gasteiger partial charge in [-0.3, -0.25) is 0 Å². The lowest BCUT2D eigenvalue weighted by Gasteiger charge is -2.17. The summed E-state index contributed by atoms with van der Waals surface area (Å²) >= 11 is 0. The van der Waals surface area contributed by atoms with Crippen LogP contribution in [0.15, 0.2) is 12.5 Å². The Hall–Kier alpha value is -2.36. The number of fused-ring (bicyclic) bond motifs is 1. The van der Waals surface area contributed by atoms with Gasteiger partial charge in [0, 0.05) is 0 Å². The van der Waals surface area contributed by atoms with E-state index in [1.54, 1.807) is 0 Å². The number of halogens is 3. The first-order valence-electron chi connectivity index (χ1n) is 5.15. The minimum Gasteiger partial charge on any atom is -0.492 e. The predicted molar refractivity (Wildman–Crippen MR) is 57.5 cm³/mol. The number of aromatic nitrogens is 3. The lowest BCUT2D eigenvalue weighted by atomic mass is 10.1. The van der Waals surface area contributed by atoms with Crippen LogP contribution in [-0.4, -0.2) is 44.1 Å². The van der Waals surface area contributed by atoms with Crippen molar-refractivity contribution in [3.8, 4) is 5.75 Å². The van der Waals surface area contributed by atoms with Crippen LogP contribution in [0.2, 0.25) is 0 Å². The molecule has 0 aliphatic rings. The molecule has 0 saturated heterocycles. The average Bonchev–Trinajstić information content (AvgIpc) is 2.79. The number of methoxy groups -OCH3 is 1. The summed E-state index contributed by atoms with van der Waals surface area (Å²) in [6.45, 7) is 0. The molecule has 2 N–H and O–H groups in total.